The van der Waals surface area contributed by atoms with Gasteiger partial charge in [-0.25, -0.2) is 4.98 Å². The Balaban J connectivity index is 2.05. The highest BCUT2D eigenvalue weighted by Gasteiger charge is 2.08. The summed E-state index contributed by atoms with van der Waals surface area (Å²) in [6.45, 7) is 6.62. The van der Waals surface area contributed by atoms with Gasteiger partial charge < -0.3 is 14.5 Å². The largest absolute Gasteiger partial charge is 0.326 e. The molecule has 6 nitrogen and oxygen atoms in total. The Morgan fingerprint density at radius 1 is 1.28 bits per heavy atom. The van der Waals surface area contributed by atoms with Crippen LogP contribution in [0.4, 0.5) is 0 Å². The monoisotopic (exact) mass is 248 g/mol. The van der Waals surface area contributed by atoms with Gasteiger partial charge in [-0.2, -0.15) is 0 Å². The van der Waals surface area contributed by atoms with Crippen molar-refractivity contribution in [2.75, 3.05) is 6.54 Å². The van der Waals surface area contributed by atoms with E-state index < -0.39 is 0 Å². The lowest BCUT2D eigenvalue weighted by atomic mass is 10.4. The Kier molecular flexibility index (Phi) is 4.09. The van der Waals surface area contributed by atoms with E-state index in [-0.39, 0.29) is 0 Å². The van der Waals surface area contributed by atoms with Crippen LogP contribution in [0.15, 0.2) is 12.4 Å². The number of aryl methyl sites for hydroxylation is 1. The molecule has 1 N–H and O–H groups in total. The molecule has 0 spiro atoms. The van der Waals surface area contributed by atoms with Crippen molar-refractivity contribution in [3.8, 4) is 0 Å². The first-order valence-corrected chi connectivity index (χ1v) is 6.28. The summed E-state index contributed by atoms with van der Waals surface area (Å²) in [7, 11) is 1.98. The molecule has 0 unspecified atom stereocenters. The van der Waals surface area contributed by atoms with Gasteiger partial charge in [0.05, 0.1) is 13.1 Å². The zero-order chi connectivity index (χ0) is 13.0. The highest BCUT2D eigenvalue weighted by molar-refractivity contribution is 4.99. The van der Waals surface area contributed by atoms with Crippen molar-refractivity contribution in [1.29, 1.82) is 0 Å². The van der Waals surface area contributed by atoms with Crippen LogP contribution >= 0.6 is 0 Å². The second-order valence-electron chi connectivity index (χ2n) is 4.37. The number of rotatable bonds is 6. The number of aromatic nitrogens is 5. The van der Waals surface area contributed by atoms with Crippen molar-refractivity contribution in [2.24, 2.45) is 7.05 Å². The fourth-order valence-electron chi connectivity index (χ4n) is 1.77. The molecule has 2 aromatic rings. The van der Waals surface area contributed by atoms with Gasteiger partial charge in [0, 0.05) is 19.4 Å². The van der Waals surface area contributed by atoms with E-state index in [1.54, 1.807) is 0 Å². The minimum absolute atomic E-state index is 0.709. The predicted octanol–water partition coefficient (Wildman–Crippen LogP) is 0.868. The maximum atomic E-state index is 4.36. The summed E-state index contributed by atoms with van der Waals surface area (Å²) >= 11 is 0. The number of nitrogens with zero attached hydrogens (tertiary/aromatic N) is 5. The molecule has 2 aromatic heterocycles. The zero-order valence-corrected chi connectivity index (χ0v) is 11.2. The highest BCUT2D eigenvalue weighted by Crippen LogP contribution is 2.04. The van der Waals surface area contributed by atoms with Crippen LogP contribution in [0.2, 0.25) is 0 Å². The van der Waals surface area contributed by atoms with Crippen LogP contribution in [0.1, 0.15) is 30.8 Å². The Bertz CT molecular complexity index is 498. The maximum Gasteiger partial charge on any atom is 0.152 e. The van der Waals surface area contributed by atoms with Gasteiger partial charge in [0.25, 0.3) is 0 Å². The molecule has 0 atom stereocenters. The third kappa shape index (κ3) is 2.76. The summed E-state index contributed by atoms with van der Waals surface area (Å²) in [4.78, 5) is 4.36. The Morgan fingerprint density at radius 2 is 2.11 bits per heavy atom. The van der Waals surface area contributed by atoms with Gasteiger partial charge in [0.15, 0.2) is 5.82 Å². The van der Waals surface area contributed by atoms with E-state index in [0.717, 1.165) is 37.0 Å². The van der Waals surface area contributed by atoms with Gasteiger partial charge in [0.1, 0.15) is 11.6 Å². The Morgan fingerprint density at radius 3 is 2.78 bits per heavy atom. The van der Waals surface area contributed by atoms with Crippen molar-refractivity contribution < 1.29 is 0 Å². The molecule has 0 bridgehead atoms. The lowest BCUT2D eigenvalue weighted by molar-refractivity contribution is 0.599. The maximum absolute atomic E-state index is 4.36. The predicted molar refractivity (Wildman–Crippen MR) is 69.1 cm³/mol. The summed E-state index contributed by atoms with van der Waals surface area (Å²) in [5, 5.41) is 11.6. The molecule has 0 radical (unpaired) electrons. The molecule has 0 aliphatic carbocycles. The molecule has 98 valence electrons. The number of imidazole rings is 1. The van der Waals surface area contributed by atoms with E-state index in [1.165, 1.54) is 0 Å². The van der Waals surface area contributed by atoms with Crippen molar-refractivity contribution in [1.82, 2.24) is 29.6 Å². The van der Waals surface area contributed by atoms with Crippen molar-refractivity contribution >= 4 is 0 Å². The first-order valence-electron chi connectivity index (χ1n) is 6.28. The molecule has 2 heterocycles. The second-order valence-corrected chi connectivity index (χ2v) is 4.37. The molecular weight excluding hydrogens is 228 g/mol. The summed E-state index contributed by atoms with van der Waals surface area (Å²) in [5.41, 5.74) is 0. The third-order valence-corrected chi connectivity index (χ3v) is 3.01. The SMILES string of the molecule is CCCNCc1nccn1Cc1nnc(C)n1C. The minimum atomic E-state index is 0.709. The summed E-state index contributed by atoms with van der Waals surface area (Å²) < 4.78 is 4.11. The Labute approximate surface area is 107 Å². The molecule has 0 aromatic carbocycles. The molecule has 0 aliphatic rings. The van der Waals surface area contributed by atoms with E-state index >= 15 is 0 Å². The standard InChI is InChI=1S/C12H20N6/c1-4-5-13-8-11-14-6-7-18(11)9-12-16-15-10(2)17(12)3/h6-7,13H,4-5,8-9H2,1-3H3. The third-order valence-electron chi connectivity index (χ3n) is 3.01. The van der Waals surface area contributed by atoms with Gasteiger partial charge in [0.2, 0.25) is 0 Å². The quantitative estimate of drug-likeness (QED) is 0.771. The normalized spacial score (nSPS) is 11.1. The summed E-state index contributed by atoms with van der Waals surface area (Å²) in [6.07, 6.45) is 4.93. The zero-order valence-electron chi connectivity index (χ0n) is 11.2. The first kappa shape index (κ1) is 12.8. The van der Waals surface area contributed by atoms with Crippen LogP contribution < -0.4 is 5.32 Å². The smallest absolute Gasteiger partial charge is 0.152 e. The lowest BCUT2D eigenvalue weighted by Crippen LogP contribution is -2.18. The average Bonchev–Trinajstić information content (AvgIpc) is 2.92. The summed E-state index contributed by atoms with van der Waals surface area (Å²) in [6, 6.07) is 0. The van der Waals surface area contributed by atoms with Crippen LogP contribution in [0, 0.1) is 6.92 Å². The van der Waals surface area contributed by atoms with Crippen LogP contribution in [0.25, 0.3) is 0 Å². The number of hydrogen-bond donors (Lipinski definition) is 1. The first-order chi connectivity index (χ1) is 8.72. The molecule has 0 saturated heterocycles. The molecule has 0 amide bonds. The fourth-order valence-corrected chi connectivity index (χ4v) is 1.77. The minimum Gasteiger partial charge on any atom is -0.326 e. The number of nitrogens with one attached hydrogen (secondary N) is 1. The average molecular weight is 248 g/mol. The van der Waals surface area contributed by atoms with Crippen LogP contribution in [0.5, 0.6) is 0 Å². The van der Waals surface area contributed by atoms with E-state index in [0.29, 0.717) is 6.54 Å². The Hall–Kier alpha value is -1.69. The van der Waals surface area contributed by atoms with Crippen LogP contribution in [0.3, 0.4) is 0 Å². The van der Waals surface area contributed by atoms with Crippen molar-refractivity contribution in [3.63, 3.8) is 0 Å². The van der Waals surface area contributed by atoms with Crippen LogP contribution in [-0.2, 0) is 20.1 Å². The summed E-state index contributed by atoms with van der Waals surface area (Å²) in [5.74, 6) is 2.90. The van der Waals surface area contributed by atoms with Crippen molar-refractivity contribution in [3.05, 3.63) is 29.9 Å². The molecule has 0 aliphatic heterocycles. The topological polar surface area (TPSA) is 60.6 Å². The molecule has 0 fully saturated rings. The fraction of sp³-hybridized carbons (Fsp3) is 0.583. The van der Waals surface area contributed by atoms with Crippen LogP contribution in [-0.4, -0.2) is 30.9 Å². The van der Waals surface area contributed by atoms with Crippen molar-refractivity contribution in [2.45, 2.75) is 33.4 Å². The van der Waals surface area contributed by atoms with Gasteiger partial charge in [-0.05, 0) is 19.9 Å². The lowest BCUT2D eigenvalue weighted by Gasteiger charge is -2.08. The van der Waals surface area contributed by atoms with Gasteiger partial charge in [-0.1, -0.05) is 6.92 Å². The van der Waals surface area contributed by atoms with Gasteiger partial charge in [-0.15, -0.1) is 10.2 Å². The van der Waals surface area contributed by atoms with E-state index in [2.05, 4.69) is 32.0 Å². The van der Waals surface area contributed by atoms with E-state index in [9.17, 15) is 0 Å². The molecule has 6 heteroatoms. The van der Waals surface area contributed by atoms with Gasteiger partial charge in [-0.3, -0.25) is 0 Å². The molecule has 18 heavy (non-hydrogen) atoms. The molecule has 0 saturated carbocycles. The van der Waals surface area contributed by atoms with E-state index in [1.807, 2.05) is 30.9 Å². The molecular formula is C12H20N6. The van der Waals surface area contributed by atoms with E-state index in [4.69, 9.17) is 0 Å². The van der Waals surface area contributed by atoms with Gasteiger partial charge >= 0.3 is 0 Å². The number of hydrogen-bond acceptors (Lipinski definition) is 4. The molecule has 2 rings (SSSR count). The highest BCUT2D eigenvalue weighted by atomic mass is 15.3. The second kappa shape index (κ2) is 5.77.